The van der Waals surface area contributed by atoms with Gasteiger partial charge in [-0.3, -0.25) is 10.1 Å². The molecule has 162 valence electrons. The summed E-state index contributed by atoms with van der Waals surface area (Å²) in [5, 5.41) is 11.9. The Labute approximate surface area is 169 Å². The van der Waals surface area contributed by atoms with Gasteiger partial charge in [0.1, 0.15) is 6.33 Å². The van der Waals surface area contributed by atoms with Crippen molar-refractivity contribution in [2.45, 2.75) is 6.92 Å². The highest BCUT2D eigenvalue weighted by molar-refractivity contribution is 5.72. The predicted molar refractivity (Wildman–Crippen MR) is 105 cm³/mol. The number of carbonyl (C=O) groups excluding carboxylic acids is 1. The molecular weight excluding hydrogens is 384 g/mol. The highest BCUT2D eigenvalue weighted by Gasteiger charge is 2.32. The normalized spacial score (nSPS) is 14.0. The van der Waals surface area contributed by atoms with Gasteiger partial charge in [0.15, 0.2) is 0 Å². The first-order chi connectivity index (χ1) is 14.0. The van der Waals surface area contributed by atoms with Gasteiger partial charge in [-0.2, -0.15) is 0 Å². The van der Waals surface area contributed by atoms with Gasteiger partial charge in [-0.25, -0.2) is 14.8 Å². The molecule has 0 saturated carbocycles. The summed E-state index contributed by atoms with van der Waals surface area (Å²) in [6.45, 7) is 5.28. The molecule has 0 bridgehead atoms. The highest BCUT2D eigenvalue weighted by Crippen LogP contribution is 2.34. The van der Waals surface area contributed by atoms with E-state index in [9.17, 15) is 14.9 Å². The molecule has 0 spiro atoms. The van der Waals surface area contributed by atoms with Crippen LogP contribution in [0.4, 0.5) is 22.1 Å². The van der Waals surface area contributed by atoms with Crippen LogP contribution < -0.4 is 9.80 Å². The maximum atomic E-state index is 11.9. The van der Waals surface area contributed by atoms with E-state index < -0.39 is 4.92 Å². The van der Waals surface area contributed by atoms with Crippen molar-refractivity contribution < 1.29 is 23.9 Å². The number of ether oxygens (including phenoxy) is 3. The molecule has 1 aromatic rings. The van der Waals surface area contributed by atoms with Crippen molar-refractivity contribution in [1.29, 1.82) is 0 Å². The molecule has 0 aromatic carbocycles. The van der Waals surface area contributed by atoms with E-state index in [0.29, 0.717) is 59.1 Å². The van der Waals surface area contributed by atoms with Crippen molar-refractivity contribution in [2.24, 2.45) is 0 Å². The smallest absolute Gasteiger partial charge is 0.409 e. The molecule has 2 rings (SSSR count). The first kappa shape index (κ1) is 22.6. The zero-order valence-corrected chi connectivity index (χ0v) is 17.1. The minimum Gasteiger partial charge on any atom is -0.450 e. The fraction of sp³-hybridized carbons (Fsp3) is 0.706. The summed E-state index contributed by atoms with van der Waals surface area (Å²) in [4.78, 5) is 36.8. The third-order valence-electron chi connectivity index (χ3n) is 4.50. The van der Waals surface area contributed by atoms with E-state index in [-0.39, 0.29) is 23.4 Å². The molecule has 1 aromatic heterocycles. The highest BCUT2D eigenvalue weighted by atomic mass is 16.6. The van der Waals surface area contributed by atoms with Crippen LogP contribution in [0.1, 0.15) is 6.92 Å². The Kier molecular flexibility index (Phi) is 8.80. The van der Waals surface area contributed by atoms with E-state index in [4.69, 9.17) is 14.2 Å². The largest absolute Gasteiger partial charge is 0.450 e. The number of hydrogen-bond donors (Lipinski definition) is 0. The van der Waals surface area contributed by atoms with Gasteiger partial charge in [0.05, 0.1) is 24.7 Å². The topological polar surface area (TPSA) is 123 Å². The van der Waals surface area contributed by atoms with Crippen LogP contribution in [0.3, 0.4) is 0 Å². The van der Waals surface area contributed by atoms with Gasteiger partial charge in [-0.15, -0.1) is 0 Å². The number of amides is 1. The van der Waals surface area contributed by atoms with Crippen LogP contribution in [0, 0.1) is 10.1 Å². The molecule has 0 unspecified atom stereocenters. The Hall–Kier alpha value is -2.73. The quantitative estimate of drug-likeness (QED) is 0.402. The summed E-state index contributed by atoms with van der Waals surface area (Å²) in [5.74, 6) is 0.463. The Morgan fingerprint density at radius 3 is 2.31 bits per heavy atom. The lowest BCUT2D eigenvalue weighted by Gasteiger charge is -2.34. The first-order valence-corrected chi connectivity index (χ1v) is 9.42. The number of nitro groups is 1. The van der Waals surface area contributed by atoms with E-state index in [1.54, 1.807) is 35.8 Å². The third-order valence-corrected chi connectivity index (χ3v) is 4.50. The Morgan fingerprint density at radius 2 is 1.79 bits per heavy atom. The molecule has 12 nitrogen and oxygen atoms in total. The van der Waals surface area contributed by atoms with Gasteiger partial charge in [-0.1, -0.05) is 0 Å². The maximum absolute atomic E-state index is 11.9. The number of methoxy groups -OCH3 is 2. The van der Waals surface area contributed by atoms with Crippen LogP contribution in [0.5, 0.6) is 0 Å². The fourth-order valence-corrected chi connectivity index (χ4v) is 3.03. The Balaban J connectivity index is 2.26. The van der Waals surface area contributed by atoms with E-state index in [1.807, 2.05) is 0 Å². The molecule has 29 heavy (non-hydrogen) atoms. The molecule has 0 N–H and O–H groups in total. The number of hydrogen-bond acceptors (Lipinski definition) is 10. The molecule has 0 atom stereocenters. The van der Waals surface area contributed by atoms with Crippen molar-refractivity contribution in [3.63, 3.8) is 0 Å². The van der Waals surface area contributed by atoms with Crippen LogP contribution >= 0.6 is 0 Å². The number of anilines is 2. The van der Waals surface area contributed by atoms with Gasteiger partial charge in [-0.05, 0) is 6.92 Å². The summed E-state index contributed by atoms with van der Waals surface area (Å²) in [6, 6.07) is 0. The Morgan fingerprint density at radius 1 is 1.17 bits per heavy atom. The van der Waals surface area contributed by atoms with Gasteiger partial charge in [0.25, 0.3) is 0 Å². The molecule has 0 radical (unpaired) electrons. The van der Waals surface area contributed by atoms with Gasteiger partial charge >= 0.3 is 11.8 Å². The molecule has 1 aliphatic heterocycles. The molecule has 1 saturated heterocycles. The van der Waals surface area contributed by atoms with Crippen molar-refractivity contribution in [1.82, 2.24) is 14.9 Å². The van der Waals surface area contributed by atoms with Crippen LogP contribution in [0.15, 0.2) is 6.33 Å². The molecule has 1 amide bonds. The zero-order valence-electron chi connectivity index (χ0n) is 17.1. The number of aromatic nitrogens is 2. The Bertz CT molecular complexity index is 674. The van der Waals surface area contributed by atoms with Crippen molar-refractivity contribution >= 4 is 23.4 Å². The number of rotatable bonds is 10. The summed E-state index contributed by atoms with van der Waals surface area (Å²) >= 11 is 0. The second-order valence-corrected chi connectivity index (χ2v) is 6.27. The van der Waals surface area contributed by atoms with E-state index in [2.05, 4.69) is 9.97 Å². The van der Waals surface area contributed by atoms with Crippen molar-refractivity contribution in [3.8, 4) is 0 Å². The van der Waals surface area contributed by atoms with Crippen molar-refractivity contribution in [2.75, 3.05) is 83.1 Å². The van der Waals surface area contributed by atoms with Crippen LogP contribution in [0.25, 0.3) is 0 Å². The molecule has 2 heterocycles. The predicted octanol–water partition coefficient (Wildman–Crippen LogP) is 0.763. The van der Waals surface area contributed by atoms with Crippen LogP contribution in [-0.4, -0.2) is 99.2 Å². The summed E-state index contributed by atoms with van der Waals surface area (Å²) in [7, 11) is 3.13. The van der Waals surface area contributed by atoms with Gasteiger partial charge in [0.2, 0.25) is 11.6 Å². The SMILES string of the molecule is CCOC(=O)N1CCN(c2ncnc(N(CCOC)CCOC)c2[N+](=O)[O-])CC1. The number of piperazine rings is 1. The number of nitrogens with zero attached hydrogens (tertiary/aromatic N) is 6. The van der Waals surface area contributed by atoms with Crippen LogP contribution in [0.2, 0.25) is 0 Å². The average Bonchev–Trinajstić information content (AvgIpc) is 2.73. The number of carbonyl (C=O) groups is 1. The summed E-state index contributed by atoms with van der Waals surface area (Å²) in [5.41, 5.74) is -0.163. The average molecular weight is 412 g/mol. The lowest BCUT2D eigenvalue weighted by atomic mass is 10.3. The molecule has 0 aliphatic carbocycles. The monoisotopic (exact) mass is 412 g/mol. The van der Waals surface area contributed by atoms with E-state index in [0.717, 1.165) is 0 Å². The lowest BCUT2D eigenvalue weighted by molar-refractivity contribution is -0.383. The first-order valence-electron chi connectivity index (χ1n) is 9.42. The second-order valence-electron chi connectivity index (χ2n) is 6.27. The minimum atomic E-state index is -0.463. The standard InChI is InChI=1S/C17H28N6O6/c1-4-29-17(24)22-7-5-20(6-8-22)15-14(23(25)26)16(19-13-18-15)21(9-11-27-2)10-12-28-3/h13H,4-12H2,1-3H3. The van der Waals surface area contributed by atoms with Crippen LogP contribution in [-0.2, 0) is 14.2 Å². The van der Waals surface area contributed by atoms with Crippen molar-refractivity contribution in [3.05, 3.63) is 16.4 Å². The third kappa shape index (κ3) is 5.87. The van der Waals surface area contributed by atoms with E-state index in [1.165, 1.54) is 6.33 Å². The summed E-state index contributed by atoms with van der Waals surface area (Å²) in [6.07, 6.45) is 0.942. The molecular formula is C17H28N6O6. The lowest BCUT2D eigenvalue weighted by Crippen LogP contribution is -2.49. The molecule has 1 fully saturated rings. The summed E-state index contributed by atoms with van der Waals surface area (Å²) < 4.78 is 15.3. The van der Waals surface area contributed by atoms with Gasteiger partial charge in [0, 0.05) is 53.5 Å². The second kappa shape index (κ2) is 11.3. The zero-order chi connectivity index (χ0) is 21.2. The minimum absolute atomic E-state index is 0.163. The van der Waals surface area contributed by atoms with Gasteiger partial charge < -0.3 is 28.9 Å². The fourth-order valence-electron chi connectivity index (χ4n) is 3.03. The molecule has 12 heteroatoms. The molecule has 1 aliphatic rings. The maximum Gasteiger partial charge on any atom is 0.409 e. The van der Waals surface area contributed by atoms with E-state index >= 15 is 0 Å².